The van der Waals surface area contributed by atoms with Gasteiger partial charge in [0.25, 0.3) is 0 Å². The van der Waals surface area contributed by atoms with Crippen LogP contribution in [0.15, 0.2) is 24.3 Å². The Morgan fingerprint density at radius 1 is 1.36 bits per heavy atom. The third-order valence-corrected chi connectivity index (χ3v) is 1.87. The number of ether oxygens (including phenoxy) is 2. The molecule has 3 nitrogen and oxygen atoms in total. The summed E-state index contributed by atoms with van der Waals surface area (Å²) >= 11 is 0. The van der Waals surface area contributed by atoms with Gasteiger partial charge in [-0.15, -0.1) is 0 Å². The highest BCUT2D eigenvalue weighted by Crippen LogP contribution is 2.18. The molecular formula is C11H16O3. The predicted octanol–water partition coefficient (Wildman–Crippen LogP) is 1.59. The first-order chi connectivity index (χ1) is 6.77. The van der Waals surface area contributed by atoms with Crippen molar-refractivity contribution < 1.29 is 14.6 Å². The average Bonchev–Trinajstić information content (AvgIpc) is 2.19. The topological polar surface area (TPSA) is 38.7 Å². The number of para-hydroxylation sites is 1. The zero-order chi connectivity index (χ0) is 10.4. The van der Waals surface area contributed by atoms with Crippen LogP contribution in [0.2, 0.25) is 0 Å². The Labute approximate surface area is 84.3 Å². The van der Waals surface area contributed by atoms with Crippen molar-refractivity contribution in [1.29, 1.82) is 0 Å². The minimum Gasteiger partial charge on any atom is -0.488 e. The molecule has 0 radical (unpaired) electrons. The monoisotopic (exact) mass is 196 g/mol. The van der Waals surface area contributed by atoms with E-state index in [1.54, 1.807) is 7.11 Å². The molecule has 1 rings (SSSR count). The normalized spacial score (nSPS) is 12.5. The van der Waals surface area contributed by atoms with E-state index in [0.717, 1.165) is 11.3 Å². The summed E-state index contributed by atoms with van der Waals surface area (Å²) < 4.78 is 10.6. The fraction of sp³-hybridized carbons (Fsp3) is 0.455. The van der Waals surface area contributed by atoms with Crippen molar-refractivity contribution in [2.45, 2.75) is 19.6 Å². The van der Waals surface area contributed by atoms with E-state index in [2.05, 4.69) is 0 Å². The molecule has 14 heavy (non-hydrogen) atoms. The van der Waals surface area contributed by atoms with Crippen LogP contribution in [0.25, 0.3) is 0 Å². The predicted molar refractivity (Wildman–Crippen MR) is 54.3 cm³/mol. The maximum atomic E-state index is 9.05. The third-order valence-electron chi connectivity index (χ3n) is 1.87. The summed E-state index contributed by atoms with van der Waals surface area (Å²) in [5, 5.41) is 9.05. The zero-order valence-corrected chi connectivity index (χ0v) is 8.56. The first-order valence-corrected chi connectivity index (χ1v) is 4.62. The van der Waals surface area contributed by atoms with Crippen LogP contribution >= 0.6 is 0 Å². The molecule has 0 spiro atoms. The van der Waals surface area contributed by atoms with Crippen LogP contribution in [0.1, 0.15) is 12.5 Å². The molecule has 0 bridgehead atoms. The second-order valence-corrected chi connectivity index (χ2v) is 3.15. The lowest BCUT2D eigenvalue weighted by Crippen LogP contribution is -2.18. The molecule has 0 fully saturated rings. The van der Waals surface area contributed by atoms with Gasteiger partial charge >= 0.3 is 0 Å². The van der Waals surface area contributed by atoms with E-state index in [1.165, 1.54) is 0 Å². The standard InChI is InChI=1S/C11H16O3/c1-9(8-13-2)14-11-6-4-3-5-10(11)7-12/h3-6,9,12H,7-8H2,1-2H3. The van der Waals surface area contributed by atoms with E-state index in [4.69, 9.17) is 14.6 Å². The van der Waals surface area contributed by atoms with Gasteiger partial charge in [-0.25, -0.2) is 0 Å². The van der Waals surface area contributed by atoms with Gasteiger partial charge in [0, 0.05) is 12.7 Å². The molecule has 0 heterocycles. The summed E-state index contributed by atoms with van der Waals surface area (Å²) in [6.07, 6.45) is -0.00676. The fourth-order valence-corrected chi connectivity index (χ4v) is 1.23. The molecule has 0 saturated heterocycles. The van der Waals surface area contributed by atoms with Crippen LogP contribution in [0.3, 0.4) is 0 Å². The number of hydrogen-bond donors (Lipinski definition) is 1. The second-order valence-electron chi connectivity index (χ2n) is 3.15. The Balaban J connectivity index is 2.65. The Bertz CT molecular complexity index is 273. The molecule has 0 aliphatic rings. The SMILES string of the molecule is COCC(C)Oc1ccccc1CO. The lowest BCUT2D eigenvalue weighted by Gasteiger charge is -2.15. The molecule has 0 amide bonds. The van der Waals surface area contributed by atoms with Gasteiger partial charge in [0.1, 0.15) is 11.9 Å². The van der Waals surface area contributed by atoms with E-state index in [1.807, 2.05) is 31.2 Å². The van der Waals surface area contributed by atoms with Crippen molar-refractivity contribution in [3.63, 3.8) is 0 Å². The number of aliphatic hydroxyl groups excluding tert-OH is 1. The lowest BCUT2D eigenvalue weighted by molar-refractivity contribution is 0.0903. The summed E-state index contributed by atoms with van der Waals surface area (Å²) in [6, 6.07) is 7.44. The van der Waals surface area contributed by atoms with Gasteiger partial charge in [-0.05, 0) is 13.0 Å². The summed E-state index contributed by atoms with van der Waals surface area (Å²) in [5.74, 6) is 0.722. The van der Waals surface area contributed by atoms with Crippen molar-refractivity contribution in [2.75, 3.05) is 13.7 Å². The second kappa shape index (κ2) is 5.62. The molecule has 78 valence electrons. The molecule has 0 saturated carbocycles. The molecule has 0 aromatic heterocycles. The van der Waals surface area contributed by atoms with E-state index in [0.29, 0.717) is 6.61 Å². The minimum absolute atomic E-state index is 0.00409. The van der Waals surface area contributed by atoms with Gasteiger partial charge in [0.2, 0.25) is 0 Å². The van der Waals surface area contributed by atoms with Gasteiger partial charge in [-0.2, -0.15) is 0 Å². The number of methoxy groups -OCH3 is 1. The number of aliphatic hydroxyl groups is 1. The van der Waals surface area contributed by atoms with Crippen LogP contribution in [0.5, 0.6) is 5.75 Å². The highest BCUT2D eigenvalue weighted by Gasteiger charge is 2.06. The van der Waals surface area contributed by atoms with Gasteiger partial charge < -0.3 is 14.6 Å². The van der Waals surface area contributed by atoms with Crippen molar-refractivity contribution in [1.82, 2.24) is 0 Å². The summed E-state index contributed by atoms with van der Waals surface area (Å²) in [7, 11) is 1.64. The molecule has 1 aromatic carbocycles. The molecule has 1 atom stereocenters. The smallest absolute Gasteiger partial charge is 0.125 e. The fourth-order valence-electron chi connectivity index (χ4n) is 1.23. The zero-order valence-electron chi connectivity index (χ0n) is 8.56. The van der Waals surface area contributed by atoms with E-state index in [-0.39, 0.29) is 12.7 Å². The van der Waals surface area contributed by atoms with E-state index in [9.17, 15) is 0 Å². The Kier molecular flexibility index (Phi) is 4.43. The Morgan fingerprint density at radius 3 is 2.71 bits per heavy atom. The van der Waals surface area contributed by atoms with Crippen LogP contribution in [0, 0.1) is 0 Å². The van der Waals surface area contributed by atoms with Crippen LogP contribution < -0.4 is 4.74 Å². The minimum atomic E-state index is -0.00676. The average molecular weight is 196 g/mol. The molecule has 1 unspecified atom stereocenters. The summed E-state index contributed by atoms with van der Waals surface area (Å²) in [5.41, 5.74) is 0.801. The van der Waals surface area contributed by atoms with Crippen molar-refractivity contribution in [2.24, 2.45) is 0 Å². The van der Waals surface area contributed by atoms with Crippen molar-refractivity contribution >= 4 is 0 Å². The summed E-state index contributed by atoms with van der Waals surface area (Å²) in [6.45, 7) is 2.47. The van der Waals surface area contributed by atoms with E-state index >= 15 is 0 Å². The molecular weight excluding hydrogens is 180 g/mol. The lowest BCUT2D eigenvalue weighted by atomic mass is 10.2. The molecule has 1 N–H and O–H groups in total. The Hall–Kier alpha value is -1.06. The van der Waals surface area contributed by atoms with Gasteiger partial charge in [-0.1, -0.05) is 18.2 Å². The van der Waals surface area contributed by atoms with Crippen molar-refractivity contribution in [3.8, 4) is 5.75 Å². The maximum Gasteiger partial charge on any atom is 0.125 e. The van der Waals surface area contributed by atoms with Crippen molar-refractivity contribution in [3.05, 3.63) is 29.8 Å². The maximum absolute atomic E-state index is 9.05. The van der Waals surface area contributed by atoms with Gasteiger partial charge in [-0.3, -0.25) is 0 Å². The first-order valence-electron chi connectivity index (χ1n) is 4.62. The third kappa shape index (κ3) is 3.01. The van der Waals surface area contributed by atoms with Crippen LogP contribution in [-0.4, -0.2) is 24.9 Å². The largest absolute Gasteiger partial charge is 0.488 e. The Morgan fingerprint density at radius 2 is 2.07 bits per heavy atom. The molecule has 0 aliphatic heterocycles. The quantitative estimate of drug-likeness (QED) is 0.777. The number of rotatable bonds is 5. The van der Waals surface area contributed by atoms with Gasteiger partial charge in [0.05, 0.1) is 13.2 Å². The van der Waals surface area contributed by atoms with Crippen LogP contribution in [0.4, 0.5) is 0 Å². The first kappa shape index (κ1) is 11.0. The van der Waals surface area contributed by atoms with Crippen LogP contribution in [-0.2, 0) is 11.3 Å². The molecule has 1 aromatic rings. The number of benzene rings is 1. The highest BCUT2D eigenvalue weighted by atomic mass is 16.5. The van der Waals surface area contributed by atoms with Gasteiger partial charge in [0.15, 0.2) is 0 Å². The highest BCUT2D eigenvalue weighted by molar-refractivity contribution is 5.32. The summed E-state index contributed by atoms with van der Waals surface area (Å²) in [4.78, 5) is 0. The van der Waals surface area contributed by atoms with E-state index < -0.39 is 0 Å². The number of hydrogen-bond acceptors (Lipinski definition) is 3. The molecule has 0 aliphatic carbocycles. The molecule has 3 heteroatoms.